The third-order valence-electron chi connectivity index (χ3n) is 3.27. The van der Waals surface area contributed by atoms with Gasteiger partial charge < -0.3 is 10.8 Å². The maximum absolute atomic E-state index is 13.4. The molecule has 0 saturated carbocycles. The number of carboxylic acids is 1. The van der Waals surface area contributed by atoms with Crippen molar-refractivity contribution in [3.8, 4) is 0 Å². The monoisotopic (exact) mass is 271 g/mol. The van der Waals surface area contributed by atoms with Crippen molar-refractivity contribution in [2.75, 3.05) is 6.54 Å². The van der Waals surface area contributed by atoms with Gasteiger partial charge in [-0.2, -0.15) is 0 Å². The summed E-state index contributed by atoms with van der Waals surface area (Å²) in [5, 5.41) is 8.90. The third-order valence-corrected chi connectivity index (χ3v) is 3.27. The number of benzene rings is 1. The quantitative estimate of drug-likeness (QED) is 0.801. The normalized spacial score (nSPS) is 14.1. The van der Waals surface area contributed by atoms with Gasteiger partial charge in [0, 0.05) is 12.1 Å². The molecule has 1 rings (SSSR count). The van der Waals surface area contributed by atoms with Crippen molar-refractivity contribution >= 4 is 5.97 Å². The molecule has 5 heteroatoms. The Morgan fingerprint density at radius 2 is 1.95 bits per heavy atom. The van der Waals surface area contributed by atoms with E-state index in [2.05, 4.69) is 0 Å². The fraction of sp³-hybridized carbons (Fsp3) is 0.500. The highest BCUT2D eigenvalue weighted by Gasteiger charge is 2.19. The predicted octanol–water partition coefficient (Wildman–Crippen LogP) is 2.58. The maximum atomic E-state index is 13.4. The Kier molecular flexibility index (Phi) is 5.89. The van der Waals surface area contributed by atoms with Crippen molar-refractivity contribution < 1.29 is 18.7 Å². The second-order valence-electron chi connectivity index (χ2n) is 4.85. The molecule has 0 aromatic heterocycles. The molecule has 0 aliphatic carbocycles. The smallest absolute Gasteiger partial charge is 0.307 e. The van der Waals surface area contributed by atoms with E-state index in [4.69, 9.17) is 10.8 Å². The summed E-state index contributed by atoms with van der Waals surface area (Å²) in [6.45, 7) is 1.94. The minimum absolute atomic E-state index is 0.0451. The first-order valence-corrected chi connectivity index (χ1v) is 6.31. The molecule has 0 spiro atoms. The molecule has 0 aliphatic rings. The van der Waals surface area contributed by atoms with Crippen LogP contribution in [0.15, 0.2) is 18.2 Å². The van der Waals surface area contributed by atoms with E-state index in [-0.39, 0.29) is 24.4 Å². The molecule has 0 aliphatic heterocycles. The van der Waals surface area contributed by atoms with E-state index in [1.165, 1.54) is 18.2 Å². The Hall–Kier alpha value is -1.49. The molecule has 1 aromatic carbocycles. The molecule has 0 heterocycles. The number of aliphatic carboxylic acids is 1. The lowest BCUT2D eigenvalue weighted by molar-refractivity contribution is -0.141. The van der Waals surface area contributed by atoms with Crippen LogP contribution in [0.25, 0.3) is 0 Å². The van der Waals surface area contributed by atoms with Gasteiger partial charge in [-0.3, -0.25) is 4.79 Å². The highest BCUT2D eigenvalue weighted by molar-refractivity contribution is 5.70. The van der Waals surface area contributed by atoms with Crippen LogP contribution in [-0.4, -0.2) is 17.6 Å². The zero-order chi connectivity index (χ0) is 14.4. The third kappa shape index (κ3) is 4.59. The van der Waals surface area contributed by atoms with Gasteiger partial charge in [0.2, 0.25) is 0 Å². The van der Waals surface area contributed by atoms with Crippen LogP contribution in [0, 0.1) is 23.5 Å². The van der Waals surface area contributed by atoms with Gasteiger partial charge in [-0.05, 0) is 37.3 Å². The van der Waals surface area contributed by atoms with Crippen LogP contribution >= 0.6 is 0 Å². The summed E-state index contributed by atoms with van der Waals surface area (Å²) in [7, 11) is 0. The maximum Gasteiger partial charge on any atom is 0.307 e. The Morgan fingerprint density at radius 3 is 2.42 bits per heavy atom. The summed E-state index contributed by atoms with van der Waals surface area (Å²) < 4.78 is 26.8. The van der Waals surface area contributed by atoms with Crippen molar-refractivity contribution in [1.82, 2.24) is 0 Å². The fourth-order valence-corrected chi connectivity index (χ4v) is 2.06. The number of carbonyl (C=O) groups is 1. The highest BCUT2D eigenvalue weighted by Crippen LogP contribution is 2.20. The molecular formula is C14H19F2NO2. The van der Waals surface area contributed by atoms with Gasteiger partial charge in [-0.15, -0.1) is 0 Å². The number of hydrogen-bond acceptors (Lipinski definition) is 2. The average Bonchev–Trinajstić information content (AvgIpc) is 2.35. The molecule has 0 saturated heterocycles. The highest BCUT2D eigenvalue weighted by atomic mass is 19.1. The summed E-state index contributed by atoms with van der Waals surface area (Å²) in [5.41, 5.74) is 5.44. The lowest BCUT2D eigenvalue weighted by Crippen LogP contribution is -2.25. The van der Waals surface area contributed by atoms with Crippen molar-refractivity contribution in [3.63, 3.8) is 0 Å². The van der Waals surface area contributed by atoms with E-state index < -0.39 is 23.5 Å². The van der Waals surface area contributed by atoms with Gasteiger partial charge in [0.15, 0.2) is 0 Å². The van der Waals surface area contributed by atoms with E-state index >= 15 is 0 Å². The van der Waals surface area contributed by atoms with Crippen LogP contribution in [0.1, 0.15) is 25.3 Å². The summed E-state index contributed by atoms with van der Waals surface area (Å²) in [6, 6.07) is 3.78. The van der Waals surface area contributed by atoms with Crippen LogP contribution in [0.3, 0.4) is 0 Å². The number of halogens is 2. The van der Waals surface area contributed by atoms with Gasteiger partial charge >= 0.3 is 5.97 Å². The van der Waals surface area contributed by atoms with Crippen LogP contribution < -0.4 is 5.73 Å². The van der Waals surface area contributed by atoms with Crippen LogP contribution in [0.2, 0.25) is 0 Å². The number of nitrogens with two attached hydrogens (primary N) is 1. The summed E-state index contributed by atoms with van der Waals surface area (Å²) in [4.78, 5) is 10.8. The zero-order valence-corrected chi connectivity index (χ0v) is 10.9. The van der Waals surface area contributed by atoms with E-state index in [0.717, 1.165) is 0 Å². The number of carboxylic acid groups (broad SMARTS) is 1. The Bertz CT molecular complexity index is 417. The van der Waals surface area contributed by atoms with E-state index in [0.29, 0.717) is 12.8 Å². The first-order chi connectivity index (χ1) is 8.95. The van der Waals surface area contributed by atoms with E-state index in [1.807, 2.05) is 6.92 Å². The van der Waals surface area contributed by atoms with Crippen molar-refractivity contribution in [3.05, 3.63) is 35.4 Å². The SMILES string of the molecule is CC(CCc1c(F)cccc1F)CC(CN)C(=O)O. The Morgan fingerprint density at radius 1 is 1.37 bits per heavy atom. The number of hydrogen-bond donors (Lipinski definition) is 2. The van der Waals surface area contributed by atoms with Gasteiger partial charge in [0.25, 0.3) is 0 Å². The molecular weight excluding hydrogens is 252 g/mol. The standard InChI is InChI=1S/C14H19F2NO2/c1-9(7-10(8-17)14(18)19)5-6-11-12(15)3-2-4-13(11)16/h2-4,9-10H,5-8,17H2,1H3,(H,18,19). The van der Waals surface area contributed by atoms with Crippen LogP contribution in [0.5, 0.6) is 0 Å². The van der Waals surface area contributed by atoms with Crippen molar-refractivity contribution in [2.24, 2.45) is 17.6 Å². The van der Waals surface area contributed by atoms with Crippen molar-refractivity contribution in [1.29, 1.82) is 0 Å². The second kappa shape index (κ2) is 7.19. The first kappa shape index (κ1) is 15.6. The molecule has 3 N–H and O–H groups in total. The molecule has 0 radical (unpaired) electrons. The van der Waals surface area contributed by atoms with Gasteiger partial charge in [-0.1, -0.05) is 13.0 Å². The fourth-order valence-electron chi connectivity index (χ4n) is 2.06. The summed E-state index contributed by atoms with van der Waals surface area (Å²) >= 11 is 0. The molecule has 2 atom stereocenters. The van der Waals surface area contributed by atoms with Crippen LogP contribution in [0.4, 0.5) is 8.78 Å². The molecule has 0 bridgehead atoms. The topological polar surface area (TPSA) is 63.3 Å². The van der Waals surface area contributed by atoms with E-state index in [1.54, 1.807) is 0 Å². The minimum Gasteiger partial charge on any atom is -0.481 e. The molecule has 3 nitrogen and oxygen atoms in total. The summed E-state index contributed by atoms with van der Waals surface area (Å²) in [6.07, 6.45) is 1.21. The molecule has 106 valence electrons. The largest absolute Gasteiger partial charge is 0.481 e. The van der Waals surface area contributed by atoms with Crippen molar-refractivity contribution in [2.45, 2.75) is 26.2 Å². The molecule has 2 unspecified atom stereocenters. The van der Waals surface area contributed by atoms with Crippen LogP contribution in [-0.2, 0) is 11.2 Å². The molecule has 0 amide bonds. The van der Waals surface area contributed by atoms with Gasteiger partial charge in [-0.25, -0.2) is 8.78 Å². The number of rotatable bonds is 7. The Balaban J connectivity index is 2.54. The molecule has 0 fully saturated rings. The summed E-state index contributed by atoms with van der Waals surface area (Å²) in [5.74, 6) is -2.59. The predicted molar refractivity (Wildman–Crippen MR) is 68.6 cm³/mol. The first-order valence-electron chi connectivity index (χ1n) is 6.31. The van der Waals surface area contributed by atoms with Gasteiger partial charge in [0.05, 0.1) is 5.92 Å². The minimum atomic E-state index is -0.925. The van der Waals surface area contributed by atoms with Gasteiger partial charge in [0.1, 0.15) is 11.6 Å². The average molecular weight is 271 g/mol. The second-order valence-corrected chi connectivity index (χ2v) is 4.85. The lowest BCUT2D eigenvalue weighted by Gasteiger charge is -2.16. The zero-order valence-electron chi connectivity index (χ0n) is 10.9. The lowest BCUT2D eigenvalue weighted by atomic mass is 9.91. The molecule has 1 aromatic rings. The Labute approximate surface area is 111 Å². The van der Waals surface area contributed by atoms with E-state index in [9.17, 15) is 13.6 Å². The molecule has 19 heavy (non-hydrogen) atoms.